The molecule has 0 saturated heterocycles. The molecule has 0 fully saturated rings. The molecule has 0 bridgehead atoms. The Morgan fingerprint density at radius 2 is 1.65 bits per heavy atom. The second-order valence-electron chi connectivity index (χ2n) is 12.6. The maximum absolute atomic E-state index is 12.1. The van der Waals surface area contributed by atoms with Gasteiger partial charge in [0.25, 0.3) is 0 Å². The third-order valence-electron chi connectivity index (χ3n) is 7.67. The minimum atomic E-state index is -0.778. The molecule has 5 aromatic rings. The first kappa shape index (κ1) is 34.9. The number of halogens is 1. The van der Waals surface area contributed by atoms with Crippen molar-refractivity contribution < 1.29 is 29.2 Å². The van der Waals surface area contributed by atoms with Gasteiger partial charge in [-0.25, -0.2) is 4.79 Å². The van der Waals surface area contributed by atoms with Crippen LogP contribution in [-0.2, 0) is 22.5 Å². The first-order valence-electron chi connectivity index (χ1n) is 15.9. The van der Waals surface area contributed by atoms with E-state index in [2.05, 4.69) is 9.88 Å². The molecule has 0 spiro atoms. The van der Waals surface area contributed by atoms with Crippen LogP contribution in [0.5, 0.6) is 17.2 Å². The largest absolute Gasteiger partial charge is 0.482 e. The van der Waals surface area contributed by atoms with Crippen LogP contribution < -0.4 is 9.47 Å². The molecule has 4 aromatic carbocycles. The lowest BCUT2D eigenvalue weighted by molar-refractivity contribution is -0.157. The van der Waals surface area contributed by atoms with Gasteiger partial charge in [0.1, 0.15) is 22.8 Å². The summed E-state index contributed by atoms with van der Waals surface area (Å²) in [4.78, 5) is 18.6. The molecule has 5 rings (SSSR count). The van der Waals surface area contributed by atoms with Gasteiger partial charge in [0.2, 0.25) is 0 Å². The van der Waals surface area contributed by atoms with E-state index in [0.717, 1.165) is 22.1 Å². The number of aliphatic hydroxyl groups is 2. The molecule has 1 heterocycles. The summed E-state index contributed by atoms with van der Waals surface area (Å²) in [5.74, 6) is 1.33. The highest BCUT2D eigenvalue weighted by molar-refractivity contribution is 6.30. The maximum atomic E-state index is 12.1. The van der Waals surface area contributed by atoms with E-state index >= 15 is 0 Å². The van der Waals surface area contributed by atoms with Gasteiger partial charge in [0.05, 0.1) is 18.2 Å². The van der Waals surface area contributed by atoms with E-state index in [1.807, 2.05) is 93.6 Å². The van der Waals surface area contributed by atoms with Gasteiger partial charge in [0, 0.05) is 41.8 Å². The molecule has 0 amide bonds. The summed E-state index contributed by atoms with van der Waals surface area (Å²) in [6.45, 7) is 6.03. The van der Waals surface area contributed by atoms with Gasteiger partial charge in [0.15, 0.2) is 6.61 Å². The van der Waals surface area contributed by atoms with E-state index in [-0.39, 0.29) is 19.3 Å². The summed E-state index contributed by atoms with van der Waals surface area (Å²) < 4.78 is 17.2. The lowest BCUT2D eigenvalue weighted by atomic mass is 10.0. The van der Waals surface area contributed by atoms with Crippen LogP contribution in [0, 0.1) is 0 Å². The van der Waals surface area contributed by atoms with Gasteiger partial charge < -0.3 is 24.4 Å². The summed E-state index contributed by atoms with van der Waals surface area (Å²) >= 11 is 6.19. The minimum absolute atomic E-state index is 0.0835. The third-order valence-corrected chi connectivity index (χ3v) is 7.91. The summed E-state index contributed by atoms with van der Waals surface area (Å²) in [7, 11) is 0. The van der Waals surface area contributed by atoms with Gasteiger partial charge in [-0.1, -0.05) is 66.2 Å². The molecule has 0 radical (unpaired) electrons. The Morgan fingerprint density at radius 3 is 2.35 bits per heavy atom. The summed E-state index contributed by atoms with van der Waals surface area (Å²) in [6.07, 6.45) is 1.45. The highest BCUT2D eigenvalue weighted by atomic mass is 35.5. The predicted octanol–water partition coefficient (Wildman–Crippen LogP) is 7.54. The topological polar surface area (TPSA) is 101 Å². The number of nitrogens with zero attached hydrogens (tertiary/aromatic N) is 2. The summed E-state index contributed by atoms with van der Waals surface area (Å²) in [5.41, 5.74) is 2.91. The minimum Gasteiger partial charge on any atom is -0.482 e. The molecule has 0 unspecified atom stereocenters. The number of carbonyl (C=O) groups excluding carboxylic acids is 1. The molecule has 0 aliphatic rings. The summed E-state index contributed by atoms with van der Waals surface area (Å²) in [5, 5.41) is 23.0. The third kappa shape index (κ3) is 10.0. The first-order chi connectivity index (χ1) is 23.1. The van der Waals surface area contributed by atoms with Crippen molar-refractivity contribution >= 4 is 28.5 Å². The Bertz CT molecular complexity index is 1790. The number of hydrogen-bond acceptors (Lipinski definition) is 8. The monoisotopic (exact) mass is 668 g/mol. The fourth-order valence-corrected chi connectivity index (χ4v) is 5.60. The van der Waals surface area contributed by atoms with Crippen molar-refractivity contribution in [1.29, 1.82) is 0 Å². The van der Waals surface area contributed by atoms with Gasteiger partial charge >= 0.3 is 5.97 Å². The van der Waals surface area contributed by atoms with Crippen molar-refractivity contribution in [2.24, 2.45) is 0 Å². The smallest absolute Gasteiger partial charge is 0.344 e. The van der Waals surface area contributed by atoms with E-state index in [1.54, 1.807) is 36.5 Å². The fraction of sp³-hybridized carbons (Fsp3) is 0.282. The molecule has 250 valence electrons. The zero-order valence-electron chi connectivity index (χ0n) is 27.4. The average molecular weight is 669 g/mol. The fourth-order valence-electron chi connectivity index (χ4n) is 5.40. The van der Waals surface area contributed by atoms with E-state index in [1.165, 1.54) is 0 Å². The van der Waals surface area contributed by atoms with Crippen LogP contribution in [-0.4, -0.2) is 57.5 Å². The van der Waals surface area contributed by atoms with Crippen molar-refractivity contribution in [3.8, 4) is 17.2 Å². The number of fused-ring (bicyclic) bond motifs is 1. The Balaban J connectivity index is 1.26. The highest BCUT2D eigenvalue weighted by Crippen LogP contribution is 2.31. The van der Waals surface area contributed by atoms with Gasteiger partial charge in [-0.2, -0.15) is 0 Å². The molecule has 2 N–H and O–H groups in total. The van der Waals surface area contributed by atoms with Crippen LogP contribution in [0.4, 0.5) is 0 Å². The van der Waals surface area contributed by atoms with Gasteiger partial charge in [-0.15, -0.1) is 0 Å². The molecular weight excluding hydrogens is 628 g/mol. The number of ether oxygens (including phenoxy) is 3. The van der Waals surface area contributed by atoms with Crippen LogP contribution in [0.15, 0.2) is 109 Å². The number of aliphatic hydroxyl groups excluding tert-OH is 2. The Morgan fingerprint density at radius 1 is 0.896 bits per heavy atom. The molecule has 1 aromatic heterocycles. The number of aromatic nitrogens is 1. The standard InChI is InChI=1S/C39H41ClN2O6/c1-39(2,3)48-38(45)26-46-33-16-17-34-35(22-33)41-19-18-37(34)47-32-14-12-27(13-15-32)20-31(25-43)42(23-28-8-5-4-6-9-28)24-36(44)29-10-7-11-30(40)21-29/h4-19,21-22,31,36,43-44H,20,23-26H2,1-3H3/t31-,36-/m0/s1. The Hall–Kier alpha value is -4.47. The van der Waals surface area contributed by atoms with Crippen molar-refractivity contribution in [3.63, 3.8) is 0 Å². The molecular formula is C39H41ClN2O6. The molecule has 0 aliphatic carbocycles. The number of esters is 1. The zero-order chi connectivity index (χ0) is 34.1. The van der Waals surface area contributed by atoms with E-state index in [4.69, 9.17) is 25.8 Å². The lowest BCUT2D eigenvalue weighted by Crippen LogP contribution is -2.41. The van der Waals surface area contributed by atoms with Gasteiger partial charge in [-0.05, 0) is 86.3 Å². The van der Waals surface area contributed by atoms with Crippen molar-refractivity contribution in [2.45, 2.75) is 51.5 Å². The normalized spacial score (nSPS) is 12.9. The predicted molar refractivity (Wildman–Crippen MR) is 187 cm³/mol. The van der Waals surface area contributed by atoms with E-state index in [9.17, 15) is 15.0 Å². The van der Waals surface area contributed by atoms with Crippen LogP contribution in [0.3, 0.4) is 0 Å². The molecule has 8 nitrogen and oxygen atoms in total. The van der Waals surface area contributed by atoms with E-state index < -0.39 is 17.7 Å². The number of carbonyl (C=O) groups is 1. The Labute approximate surface area is 286 Å². The van der Waals surface area contributed by atoms with Crippen molar-refractivity contribution in [2.75, 3.05) is 19.8 Å². The molecule has 0 saturated carbocycles. The first-order valence-corrected chi connectivity index (χ1v) is 16.3. The number of rotatable bonds is 14. The second-order valence-corrected chi connectivity index (χ2v) is 13.1. The lowest BCUT2D eigenvalue weighted by Gasteiger charge is -2.32. The zero-order valence-corrected chi connectivity index (χ0v) is 28.1. The number of benzene rings is 4. The van der Waals surface area contributed by atoms with Crippen LogP contribution in [0.1, 0.15) is 43.6 Å². The SMILES string of the molecule is CC(C)(C)OC(=O)COc1ccc2c(Oc3ccc(C[C@@H](CO)N(Cc4ccccc4)C[C@H](O)c4cccc(Cl)c4)cc3)ccnc2c1. The number of pyridine rings is 1. The van der Waals surface area contributed by atoms with Gasteiger partial charge in [-0.3, -0.25) is 9.88 Å². The molecule has 2 atom stereocenters. The molecule has 9 heteroatoms. The van der Waals surface area contributed by atoms with Crippen molar-refractivity contribution in [1.82, 2.24) is 9.88 Å². The molecule has 0 aliphatic heterocycles. The second kappa shape index (κ2) is 16.1. The highest BCUT2D eigenvalue weighted by Gasteiger charge is 2.23. The van der Waals surface area contributed by atoms with E-state index in [0.29, 0.717) is 47.3 Å². The average Bonchev–Trinajstić information content (AvgIpc) is 3.06. The van der Waals surface area contributed by atoms with Crippen LogP contribution >= 0.6 is 11.6 Å². The van der Waals surface area contributed by atoms with Crippen molar-refractivity contribution in [3.05, 3.63) is 131 Å². The maximum Gasteiger partial charge on any atom is 0.344 e. The quantitative estimate of drug-likeness (QED) is 0.117. The van der Waals surface area contributed by atoms with Crippen LogP contribution in [0.25, 0.3) is 10.9 Å². The number of hydrogen-bond donors (Lipinski definition) is 2. The summed E-state index contributed by atoms with van der Waals surface area (Å²) in [6, 6.07) is 31.9. The molecule has 48 heavy (non-hydrogen) atoms. The van der Waals surface area contributed by atoms with Crippen LogP contribution in [0.2, 0.25) is 5.02 Å². The Kier molecular flexibility index (Phi) is 11.7.